The molecule has 19 heavy (non-hydrogen) atoms. The Morgan fingerprint density at radius 3 is 2.68 bits per heavy atom. The average molecular weight is 322 g/mol. The first-order valence-electron chi connectivity index (χ1n) is 5.82. The lowest BCUT2D eigenvalue weighted by Crippen LogP contribution is -1.99. The number of benzene rings is 2. The summed E-state index contributed by atoms with van der Waals surface area (Å²) in [5.74, 6) is -0.506. The second kappa shape index (κ2) is 4.78. The summed E-state index contributed by atoms with van der Waals surface area (Å²) in [7, 11) is 0. The van der Waals surface area contributed by atoms with Crippen LogP contribution in [0.3, 0.4) is 0 Å². The normalized spacial score (nSPS) is 11.1. The van der Waals surface area contributed by atoms with Gasteiger partial charge in [-0.2, -0.15) is 0 Å². The molecule has 0 bridgehead atoms. The molecular formula is C15H10BrF2N. The maximum atomic E-state index is 13.6. The molecule has 0 spiro atoms. The fourth-order valence-electron chi connectivity index (χ4n) is 2.16. The molecule has 1 nitrogen and oxygen atoms in total. The van der Waals surface area contributed by atoms with E-state index in [0.29, 0.717) is 16.4 Å². The molecule has 0 aliphatic heterocycles. The van der Waals surface area contributed by atoms with Gasteiger partial charge < -0.3 is 4.57 Å². The van der Waals surface area contributed by atoms with Gasteiger partial charge in [0.2, 0.25) is 0 Å². The molecule has 0 radical (unpaired) electrons. The molecule has 0 aliphatic rings. The zero-order chi connectivity index (χ0) is 13.4. The minimum atomic E-state index is -0.279. The van der Waals surface area contributed by atoms with Gasteiger partial charge >= 0.3 is 0 Å². The lowest BCUT2D eigenvalue weighted by Gasteiger charge is -2.08. The molecule has 1 heterocycles. The van der Waals surface area contributed by atoms with E-state index in [1.54, 1.807) is 18.2 Å². The highest BCUT2D eigenvalue weighted by molar-refractivity contribution is 9.10. The number of aromatic nitrogens is 1. The Kier molecular flexibility index (Phi) is 3.11. The second-order valence-electron chi connectivity index (χ2n) is 4.35. The topological polar surface area (TPSA) is 4.93 Å². The smallest absolute Gasteiger partial charge is 0.132 e. The molecule has 0 saturated heterocycles. The second-order valence-corrected chi connectivity index (χ2v) is 5.21. The van der Waals surface area contributed by atoms with Gasteiger partial charge in [-0.1, -0.05) is 28.1 Å². The van der Waals surface area contributed by atoms with Gasteiger partial charge in [-0.15, -0.1) is 0 Å². The number of rotatable bonds is 2. The first-order chi connectivity index (χ1) is 9.15. The van der Waals surface area contributed by atoms with Crippen LogP contribution in [0.5, 0.6) is 0 Å². The predicted molar refractivity (Wildman–Crippen MR) is 75.1 cm³/mol. The van der Waals surface area contributed by atoms with Gasteiger partial charge in [0.1, 0.15) is 11.6 Å². The number of hydrogen-bond donors (Lipinski definition) is 0. The molecule has 0 atom stereocenters. The maximum Gasteiger partial charge on any atom is 0.132 e. The summed E-state index contributed by atoms with van der Waals surface area (Å²) in [4.78, 5) is 0. The molecule has 2 aromatic carbocycles. The van der Waals surface area contributed by atoms with Crippen LogP contribution in [-0.4, -0.2) is 4.57 Å². The highest BCUT2D eigenvalue weighted by Gasteiger charge is 2.07. The molecule has 3 aromatic rings. The Bertz CT molecular complexity index is 749. The van der Waals surface area contributed by atoms with E-state index in [-0.39, 0.29) is 11.6 Å². The van der Waals surface area contributed by atoms with Crippen molar-refractivity contribution < 1.29 is 8.78 Å². The Morgan fingerprint density at radius 2 is 1.89 bits per heavy atom. The number of nitrogens with zero attached hydrogens (tertiary/aromatic N) is 1. The maximum absolute atomic E-state index is 13.6. The van der Waals surface area contributed by atoms with Crippen LogP contribution in [-0.2, 0) is 6.54 Å². The van der Waals surface area contributed by atoms with Crippen LogP contribution in [0.4, 0.5) is 8.78 Å². The molecule has 96 valence electrons. The average Bonchev–Trinajstić information content (AvgIpc) is 2.78. The summed E-state index contributed by atoms with van der Waals surface area (Å²) in [6, 6.07) is 11.3. The molecule has 0 fully saturated rings. The summed E-state index contributed by atoms with van der Waals surface area (Å²) < 4.78 is 29.3. The van der Waals surface area contributed by atoms with E-state index in [4.69, 9.17) is 0 Å². The van der Waals surface area contributed by atoms with Gasteiger partial charge in [0, 0.05) is 22.6 Å². The van der Waals surface area contributed by atoms with Gasteiger partial charge in [0.25, 0.3) is 0 Å². The van der Waals surface area contributed by atoms with Crippen molar-refractivity contribution in [3.8, 4) is 0 Å². The van der Waals surface area contributed by atoms with Crippen molar-refractivity contribution >= 4 is 26.8 Å². The third kappa shape index (κ3) is 2.28. The zero-order valence-electron chi connectivity index (χ0n) is 9.91. The SMILES string of the molecule is Fc1ccc(Cn2ccc3c(F)cccc32)c(Br)c1. The van der Waals surface area contributed by atoms with Crippen LogP contribution in [0, 0.1) is 11.6 Å². The van der Waals surface area contributed by atoms with E-state index < -0.39 is 0 Å². The van der Waals surface area contributed by atoms with Crippen molar-refractivity contribution in [1.29, 1.82) is 0 Å². The molecule has 0 N–H and O–H groups in total. The van der Waals surface area contributed by atoms with E-state index in [2.05, 4.69) is 15.9 Å². The largest absolute Gasteiger partial charge is 0.343 e. The lowest BCUT2D eigenvalue weighted by atomic mass is 10.2. The third-order valence-electron chi connectivity index (χ3n) is 3.12. The van der Waals surface area contributed by atoms with Crippen LogP contribution in [0.2, 0.25) is 0 Å². The molecular weight excluding hydrogens is 312 g/mol. The van der Waals surface area contributed by atoms with E-state index in [9.17, 15) is 8.78 Å². The molecule has 3 rings (SSSR count). The highest BCUT2D eigenvalue weighted by Crippen LogP contribution is 2.23. The molecule has 0 unspecified atom stereocenters. The Labute approximate surface area is 117 Å². The molecule has 0 aliphatic carbocycles. The quantitative estimate of drug-likeness (QED) is 0.643. The molecule has 0 amide bonds. The zero-order valence-corrected chi connectivity index (χ0v) is 11.5. The molecule has 4 heteroatoms. The van der Waals surface area contributed by atoms with Gasteiger partial charge in [-0.05, 0) is 35.9 Å². The van der Waals surface area contributed by atoms with E-state index in [1.807, 2.05) is 16.8 Å². The summed E-state index contributed by atoms with van der Waals surface area (Å²) in [6.07, 6.45) is 1.84. The fourth-order valence-corrected chi connectivity index (χ4v) is 2.63. The van der Waals surface area contributed by atoms with Crippen molar-refractivity contribution in [1.82, 2.24) is 4.57 Å². The van der Waals surface area contributed by atoms with Crippen molar-refractivity contribution in [2.45, 2.75) is 6.54 Å². The highest BCUT2D eigenvalue weighted by atomic mass is 79.9. The number of fused-ring (bicyclic) bond motifs is 1. The van der Waals surface area contributed by atoms with Gasteiger partial charge in [-0.25, -0.2) is 8.78 Å². The van der Waals surface area contributed by atoms with Crippen molar-refractivity contribution in [3.63, 3.8) is 0 Å². The van der Waals surface area contributed by atoms with Crippen LogP contribution >= 0.6 is 15.9 Å². The minimum absolute atomic E-state index is 0.227. The monoisotopic (exact) mass is 321 g/mol. The van der Waals surface area contributed by atoms with Crippen molar-refractivity contribution in [2.24, 2.45) is 0 Å². The van der Waals surface area contributed by atoms with Crippen LogP contribution in [0.15, 0.2) is 53.1 Å². The van der Waals surface area contributed by atoms with E-state index in [0.717, 1.165) is 11.1 Å². The van der Waals surface area contributed by atoms with E-state index in [1.165, 1.54) is 18.2 Å². The van der Waals surface area contributed by atoms with Gasteiger partial charge in [0.05, 0.1) is 5.52 Å². The first-order valence-corrected chi connectivity index (χ1v) is 6.62. The minimum Gasteiger partial charge on any atom is -0.343 e. The van der Waals surface area contributed by atoms with Gasteiger partial charge in [0.15, 0.2) is 0 Å². The standard InChI is InChI=1S/C15H10BrF2N/c16-13-8-11(17)5-4-10(13)9-19-7-6-12-14(18)2-1-3-15(12)19/h1-8H,9H2. The number of hydrogen-bond acceptors (Lipinski definition) is 0. The van der Waals surface area contributed by atoms with Crippen LogP contribution < -0.4 is 0 Å². The molecule has 0 saturated carbocycles. The Morgan fingerprint density at radius 1 is 1.05 bits per heavy atom. The van der Waals surface area contributed by atoms with Crippen LogP contribution in [0.25, 0.3) is 10.9 Å². The van der Waals surface area contributed by atoms with Crippen LogP contribution in [0.1, 0.15) is 5.56 Å². The van der Waals surface area contributed by atoms with Crippen molar-refractivity contribution in [3.05, 3.63) is 70.3 Å². The number of halogens is 3. The summed E-state index contributed by atoms with van der Waals surface area (Å²) in [6.45, 7) is 0.563. The van der Waals surface area contributed by atoms with E-state index >= 15 is 0 Å². The Balaban J connectivity index is 2.04. The Hall–Kier alpha value is -1.68. The third-order valence-corrected chi connectivity index (χ3v) is 3.85. The van der Waals surface area contributed by atoms with Gasteiger partial charge in [-0.3, -0.25) is 0 Å². The van der Waals surface area contributed by atoms with Crippen molar-refractivity contribution in [2.75, 3.05) is 0 Å². The summed E-state index contributed by atoms with van der Waals surface area (Å²) in [5.41, 5.74) is 1.78. The fraction of sp³-hybridized carbons (Fsp3) is 0.0667. The molecule has 1 aromatic heterocycles. The summed E-state index contributed by atoms with van der Waals surface area (Å²) >= 11 is 3.34. The predicted octanol–water partition coefficient (Wildman–Crippen LogP) is 4.73. The lowest BCUT2D eigenvalue weighted by molar-refractivity contribution is 0.625. The first kappa shape index (κ1) is 12.4. The summed E-state index contributed by atoms with van der Waals surface area (Å²) in [5, 5.41) is 0.598.